The molecule has 0 aliphatic carbocycles. The van der Waals surface area contributed by atoms with Crippen molar-refractivity contribution in [3.8, 4) is 0 Å². The minimum Gasteiger partial charge on any atom is -0.257 e. The number of para-hydroxylation sites is 1. The van der Waals surface area contributed by atoms with Crippen LogP contribution in [0.25, 0.3) is 0 Å². The molecule has 0 aliphatic rings. The summed E-state index contributed by atoms with van der Waals surface area (Å²) in [5, 5.41) is 2.03. The summed E-state index contributed by atoms with van der Waals surface area (Å²) < 4.78 is 0. The molecule has 0 fully saturated rings. The molecule has 0 bridgehead atoms. The topological polar surface area (TPSA) is 12.4 Å². The second-order valence-corrected chi connectivity index (χ2v) is 4.68. The Morgan fingerprint density at radius 1 is 1.12 bits per heavy atom. The monoisotopic (exact) mass is 245 g/mol. The van der Waals surface area contributed by atoms with Crippen LogP contribution in [0, 0.1) is 0 Å². The van der Waals surface area contributed by atoms with Crippen molar-refractivity contribution in [1.29, 1.82) is 0 Å². The molecule has 1 aromatic rings. The summed E-state index contributed by atoms with van der Waals surface area (Å²) in [6, 6.07) is 8.27. The first kappa shape index (κ1) is 13.8. The van der Waals surface area contributed by atoms with Gasteiger partial charge in [-0.25, -0.2) is 0 Å². The minimum absolute atomic E-state index is 0.503. The number of benzene rings is 1. The first-order valence-electron chi connectivity index (χ1n) is 5.73. The molecule has 90 valence electrons. The highest BCUT2D eigenvalue weighted by atomic mass is 32.2. The van der Waals surface area contributed by atoms with Gasteiger partial charge in [-0.3, -0.25) is 4.99 Å². The van der Waals surface area contributed by atoms with Crippen LogP contribution >= 0.6 is 11.8 Å². The molecule has 0 radical (unpaired) electrons. The first-order chi connectivity index (χ1) is 8.25. The molecule has 0 N–H and O–H groups in total. The Labute approximate surface area is 108 Å². The second-order valence-electron chi connectivity index (χ2n) is 3.94. The maximum Gasteiger partial charge on any atom is 0.0664 e. The first-order valence-corrected chi connectivity index (χ1v) is 7.02. The SMILES string of the molecule is CS/C=C\C=C\C=Nc1ccccc1C(C)C. The van der Waals surface area contributed by atoms with Gasteiger partial charge in [0.2, 0.25) is 0 Å². The zero-order valence-electron chi connectivity index (χ0n) is 10.6. The lowest BCUT2D eigenvalue weighted by atomic mass is 10.0. The lowest BCUT2D eigenvalue weighted by Crippen LogP contribution is -1.86. The van der Waals surface area contributed by atoms with E-state index < -0.39 is 0 Å². The fraction of sp³-hybridized carbons (Fsp3) is 0.267. The van der Waals surface area contributed by atoms with E-state index in [1.807, 2.05) is 42.2 Å². The van der Waals surface area contributed by atoms with Gasteiger partial charge in [0.1, 0.15) is 0 Å². The fourth-order valence-corrected chi connectivity index (χ4v) is 1.70. The largest absolute Gasteiger partial charge is 0.257 e. The third-order valence-corrected chi connectivity index (χ3v) is 2.72. The van der Waals surface area contributed by atoms with E-state index in [1.165, 1.54) is 5.56 Å². The van der Waals surface area contributed by atoms with Gasteiger partial charge in [0.15, 0.2) is 0 Å². The number of thioether (sulfide) groups is 1. The van der Waals surface area contributed by atoms with Gasteiger partial charge in [0.05, 0.1) is 5.69 Å². The summed E-state index contributed by atoms with van der Waals surface area (Å²) in [6.45, 7) is 4.37. The highest BCUT2D eigenvalue weighted by Gasteiger charge is 2.02. The van der Waals surface area contributed by atoms with Crippen molar-refractivity contribution in [3.05, 3.63) is 53.5 Å². The molecule has 1 nitrogen and oxygen atoms in total. The summed E-state index contributed by atoms with van der Waals surface area (Å²) in [4.78, 5) is 4.47. The van der Waals surface area contributed by atoms with Crippen LogP contribution in [-0.4, -0.2) is 12.5 Å². The van der Waals surface area contributed by atoms with Crippen LogP contribution in [0.15, 0.2) is 52.9 Å². The third-order valence-electron chi connectivity index (χ3n) is 2.30. The molecular formula is C15H19NS. The number of hydrogen-bond acceptors (Lipinski definition) is 2. The molecule has 17 heavy (non-hydrogen) atoms. The average molecular weight is 245 g/mol. The molecule has 0 atom stereocenters. The van der Waals surface area contributed by atoms with Gasteiger partial charge in [-0.15, -0.1) is 11.8 Å². The Bertz CT molecular complexity index is 417. The van der Waals surface area contributed by atoms with E-state index in [9.17, 15) is 0 Å². The van der Waals surface area contributed by atoms with Gasteiger partial charge in [-0.1, -0.05) is 44.2 Å². The van der Waals surface area contributed by atoms with Gasteiger partial charge < -0.3 is 0 Å². The predicted octanol–water partition coefficient (Wildman–Crippen LogP) is 4.95. The van der Waals surface area contributed by atoms with Crippen LogP contribution in [0.1, 0.15) is 25.3 Å². The Morgan fingerprint density at radius 3 is 2.59 bits per heavy atom. The molecule has 0 saturated carbocycles. The maximum absolute atomic E-state index is 4.47. The van der Waals surface area contributed by atoms with E-state index in [-0.39, 0.29) is 0 Å². The van der Waals surface area contributed by atoms with Crippen LogP contribution in [-0.2, 0) is 0 Å². The normalized spacial score (nSPS) is 12.5. The minimum atomic E-state index is 0.503. The van der Waals surface area contributed by atoms with Crippen molar-refractivity contribution in [3.63, 3.8) is 0 Å². The molecule has 1 rings (SSSR count). The molecule has 1 aromatic carbocycles. The zero-order chi connectivity index (χ0) is 12.5. The summed E-state index contributed by atoms with van der Waals surface area (Å²) in [5.74, 6) is 0.503. The summed E-state index contributed by atoms with van der Waals surface area (Å²) >= 11 is 1.69. The molecule has 0 spiro atoms. The maximum atomic E-state index is 4.47. The van der Waals surface area contributed by atoms with Crippen molar-refractivity contribution in [1.82, 2.24) is 0 Å². The smallest absolute Gasteiger partial charge is 0.0664 e. The number of nitrogens with zero attached hydrogens (tertiary/aromatic N) is 1. The number of allylic oxidation sites excluding steroid dienone is 3. The summed E-state index contributed by atoms with van der Waals surface area (Å²) in [7, 11) is 0. The molecule has 0 aliphatic heterocycles. The van der Waals surface area contributed by atoms with Gasteiger partial charge in [0.25, 0.3) is 0 Å². The lowest BCUT2D eigenvalue weighted by Gasteiger charge is -2.07. The van der Waals surface area contributed by atoms with Crippen molar-refractivity contribution >= 4 is 23.7 Å². The quantitative estimate of drug-likeness (QED) is 0.528. The molecule has 0 aromatic heterocycles. The van der Waals surface area contributed by atoms with Crippen LogP contribution in [0.2, 0.25) is 0 Å². The van der Waals surface area contributed by atoms with Crippen LogP contribution in [0.4, 0.5) is 5.69 Å². The van der Waals surface area contributed by atoms with Crippen molar-refractivity contribution in [2.24, 2.45) is 4.99 Å². The van der Waals surface area contributed by atoms with Gasteiger partial charge in [-0.2, -0.15) is 0 Å². The summed E-state index contributed by atoms with van der Waals surface area (Å²) in [5.41, 5.74) is 2.35. The molecule has 2 heteroatoms. The van der Waals surface area contributed by atoms with Crippen molar-refractivity contribution < 1.29 is 0 Å². The summed E-state index contributed by atoms with van der Waals surface area (Å²) in [6.07, 6.45) is 9.82. The fourth-order valence-electron chi connectivity index (χ4n) is 1.45. The molecule has 0 saturated heterocycles. The number of aliphatic imine (C=N–C) groups is 1. The zero-order valence-corrected chi connectivity index (χ0v) is 11.4. The van der Waals surface area contributed by atoms with E-state index >= 15 is 0 Å². The highest BCUT2D eigenvalue weighted by molar-refractivity contribution is 8.01. The van der Waals surface area contributed by atoms with Gasteiger partial charge in [0, 0.05) is 6.21 Å². The molecule has 0 amide bonds. The van der Waals surface area contributed by atoms with E-state index in [4.69, 9.17) is 0 Å². The molecular weight excluding hydrogens is 226 g/mol. The Hall–Kier alpha value is -1.28. The van der Waals surface area contributed by atoms with Gasteiger partial charge in [-0.05, 0) is 35.3 Å². The highest BCUT2D eigenvalue weighted by Crippen LogP contribution is 2.25. The Morgan fingerprint density at radius 2 is 1.88 bits per heavy atom. The standard InChI is InChI=1S/C15H19NS/c1-13(2)14-9-5-6-10-15(14)16-11-7-4-8-12-17-3/h4-13H,1-3H3/b7-4+,12-8-,16-11?. The van der Waals surface area contributed by atoms with Gasteiger partial charge >= 0.3 is 0 Å². The van der Waals surface area contributed by atoms with E-state index in [2.05, 4.69) is 37.0 Å². The van der Waals surface area contributed by atoms with Crippen molar-refractivity contribution in [2.75, 3.05) is 6.26 Å². The second kappa shape index (κ2) is 7.91. The lowest BCUT2D eigenvalue weighted by molar-refractivity contribution is 0.867. The molecule has 0 heterocycles. The third kappa shape index (κ3) is 5.05. The van der Waals surface area contributed by atoms with Crippen LogP contribution in [0.5, 0.6) is 0 Å². The van der Waals surface area contributed by atoms with E-state index in [0.29, 0.717) is 5.92 Å². The van der Waals surface area contributed by atoms with Crippen LogP contribution < -0.4 is 0 Å². The molecule has 0 unspecified atom stereocenters. The van der Waals surface area contributed by atoms with Crippen LogP contribution in [0.3, 0.4) is 0 Å². The Balaban J connectivity index is 2.71. The van der Waals surface area contributed by atoms with E-state index in [0.717, 1.165) is 5.69 Å². The predicted molar refractivity (Wildman–Crippen MR) is 80.5 cm³/mol. The number of hydrogen-bond donors (Lipinski definition) is 0. The average Bonchev–Trinajstić information content (AvgIpc) is 2.34. The Kier molecular flexibility index (Phi) is 6.41. The van der Waals surface area contributed by atoms with E-state index in [1.54, 1.807) is 11.8 Å². The number of rotatable bonds is 5. The van der Waals surface area contributed by atoms with Crippen molar-refractivity contribution in [2.45, 2.75) is 19.8 Å².